The van der Waals surface area contributed by atoms with Gasteiger partial charge in [-0.05, 0) is 159 Å². The van der Waals surface area contributed by atoms with E-state index >= 15 is 0 Å². The summed E-state index contributed by atoms with van der Waals surface area (Å²) < 4.78 is 0. The maximum atomic E-state index is 10.4. The van der Waals surface area contributed by atoms with Crippen LogP contribution in [-0.2, 0) is 5.41 Å². The summed E-state index contributed by atoms with van der Waals surface area (Å²) in [6.45, 7) is 0. The van der Waals surface area contributed by atoms with Crippen molar-refractivity contribution >= 4 is 43.1 Å². The van der Waals surface area contributed by atoms with E-state index in [1.165, 1.54) is 54.9 Å². The van der Waals surface area contributed by atoms with E-state index < -0.39 is 5.41 Å². The molecule has 10 aromatic carbocycles. The first kappa shape index (κ1) is 31.4. The molecule has 0 atom stereocenters. The minimum Gasteiger partial charge on any atom is -0.508 e. The van der Waals surface area contributed by atoms with Crippen molar-refractivity contribution in [1.29, 1.82) is 0 Å². The summed E-state index contributed by atoms with van der Waals surface area (Å²) in [5, 5.41) is 29.8. The Hall–Kier alpha value is -7.16. The summed E-state index contributed by atoms with van der Waals surface area (Å²) >= 11 is 0. The smallest absolute Gasteiger partial charge is 0.116 e. The third-order valence-corrected chi connectivity index (χ3v) is 11.8. The highest BCUT2D eigenvalue weighted by atomic mass is 16.3. The normalized spacial score (nSPS) is 13.0. The van der Waals surface area contributed by atoms with Crippen LogP contribution < -0.4 is 0 Å². The molecule has 11 rings (SSSR count). The van der Waals surface area contributed by atoms with Crippen molar-refractivity contribution in [3.8, 4) is 44.9 Å². The first-order chi connectivity index (χ1) is 27.0. The predicted octanol–water partition coefficient (Wildman–Crippen LogP) is 13.4. The van der Waals surface area contributed by atoms with Gasteiger partial charge in [0.1, 0.15) is 11.5 Å². The largest absolute Gasteiger partial charge is 0.508 e. The van der Waals surface area contributed by atoms with E-state index in [1.807, 2.05) is 24.3 Å². The number of fused-ring (bicyclic) bond motifs is 7. The number of phenols is 2. The Balaban J connectivity index is 1.24. The second-order valence-electron chi connectivity index (χ2n) is 14.9. The van der Waals surface area contributed by atoms with Gasteiger partial charge < -0.3 is 10.2 Å². The SMILES string of the molecule is Oc1ccc2cc(C3(c4ccc5cc(O)ccc5c4)c4cc(-c5ccc6ccccc6c5)ccc4-c4ccc(-c5ccc6ccccc6c5)cc43)ccc2c1. The van der Waals surface area contributed by atoms with Gasteiger partial charge >= 0.3 is 0 Å². The van der Waals surface area contributed by atoms with Gasteiger partial charge in [0.2, 0.25) is 0 Å². The van der Waals surface area contributed by atoms with Crippen LogP contribution in [0.3, 0.4) is 0 Å². The van der Waals surface area contributed by atoms with E-state index in [0.717, 1.165) is 43.8 Å². The predicted molar refractivity (Wildman–Crippen MR) is 228 cm³/mol. The molecule has 0 fully saturated rings. The number of hydrogen-bond donors (Lipinski definition) is 2. The average molecular weight is 703 g/mol. The summed E-state index contributed by atoms with van der Waals surface area (Å²) in [5.74, 6) is 0.508. The van der Waals surface area contributed by atoms with Gasteiger partial charge in [0, 0.05) is 0 Å². The van der Waals surface area contributed by atoms with E-state index in [9.17, 15) is 10.2 Å². The molecule has 0 radical (unpaired) electrons. The number of benzene rings is 10. The van der Waals surface area contributed by atoms with Crippen molar-refractivity contribution in [3.63, 3.8) is 0 Å². The van der Waals surface area contributed by atoms with E-state index in [1.54, 1.807) is 12.1 Å². The minimum atomic E-state index is -0.706. The minimum absolute atomic E-state index is 0.254. The van der Waals surface area contributed by atoms with E-state index in [0.29, 0.717) is 0 Å². The molecular formula is C53H34O2. The van der Waals surface area contributed by atoms with E-state index in [-0.39, 0.29) is 11.5 Å². The molecule has 0 aromatic heterocycles. The van der Waals surface area contributed by atoms with E-state index in [4.69, 9.17) is 0 Å². The molecule has 0 amide bonds. The molecule has 0 bridgehead atoms. The molecule has 2 N–H and O–H groups in total. The van der Waals surface area contributed by atoms with Crippen molar-refractivity contribution in [1.82, 2.24) is 0 Å². The first-order valence-corrected chi connectivity index (χ1v) is 18.8. The van der Waals surface area contributed by atoms with Gasteiger partial charge in [0.15, 0.2) is 0 Å². The molecule has 258 valence electrons. The summed E-state index contributed by atoms with van der Waals surface area (Å²) in [7, 11) is 0. The Labute approximate surface area is 318 Å². The summed E-state index contributed by atoms with van der Waals surface area (Å²) in [6.07, 6.45) is 0. The van der Waals surface area contributed by atoms with Crippen molar-refractivity contribution in [3.05, 3.63) is 216 Å². The van der Waals surface area contributed by atoms with Crippen LogP contribution in [0.1, 0.15) is 22.3 Å². The molecule has 0 aliphatic heterocycles. The van der Waals surface area contributed by atoms with Gasteiger partial charge in [-0.1, -0.05) is 133 Å². The van der Waals surface area contributed by atoms with Gasteiger partial charge in [0.05, 0.1) is 5.41 Å². The molecule has 1 aliphatic rings. The van der Waals surface area contributed by atoms with Crippen molar-refractivity contribution < 1.29 is 10.2 Å². The van der Waals surface area contributed by atoms with Gasteiger partial charge in [0.25, 0.3) is 0 Å². The van der Waals surface area contributed by atoms with Crippen LogP contribution in [0.2, 0.25) is 0 Å². The second-order valence-corrected chi connectivity index (χ2v) is 14.9. The molecule has 0 saturated carbocycles. The third-order valence-electron chi connectivity index (χ3n) is 11.8. The van der Waals surface area contributed by atoms with Crippen molar-refractivity contribution in [2.75, 3.05) is 0 Å². The van der Waals surface area contributed by atoms with Crippen molar-refractivity contribution in [2.24, 2.45) is 0 Å². The lowest BCUT2D eigenvalue weighted by molar-refractivity contribution is 0.475. The molecule has 0 saturated heterocycles. The van der Waals surface area contributed by atoms with Crippen molar-refractivity contribution in [2.45, 2.75) is 5.41 Å². The Morgan fingerprint density at radius 2 is 0.618 bits per heavy atom. The fraction of sp³-hybridized carbons (Fsp3) is 0.0189. The Morgan fingerprint density at radius 3 is 1.09 bits per heavy atom. The molecule has 55 heavy (non-hydrogen) atoms. The summed E-state index contributed by atoms with van der Waals surface area (Å²) in [5.41, 5.74) is 11.1. The highest BCUT2D eigenvalue weighted by Crippen LogP contribution is 2.58. The molecule has 0 unspecified atom stereocenters. The molecule has 0 heterocycles. The molecule has 2 heteroatoms. The Bertz CT molecular complexity index is 2970. The zero-order chi connectivity index (χ0) is 36.7. The maximum Gasteiger partial charge on any atom is 0.116 e. The zero-order valence-electron chi connectivity index (χ0n) is 29.9. The van der Waals surface area contributed by atoms with Crippen LogP contribution in [-0.4, -0.2) is 10.2 Å². The molecule has 0 spiro atoms. The molecule has 2 nitrogen and oxygen atoms in total. The topological polar surface area (TPSA) is 40.5 Å². The molecule has 10 aromatic rings. The molecular weight excluding hydrogens is 669 g/mol. The van der Waals surface area contributed by atoms with Crippen LogP contribution in [0, 0.1) is 0 Å². The van der Waals surface area contributed by atoms with Gasteiger partial charge in [-0.3, -0.25) is 0 Å². The number of hydrogen-bond acceptors (Lipinski definition) is 2. The fourth-order valence-electron chi connectivity index (χ4n) is 9.14. The van der Waals surface area contributed by atoms with E-state index in [2.05, 4.69) is 158 Å². The van der Waals surface area contributed by atoms with Gasteiger partial charge in [-0.25, -0.2) is 0 Å². The molecule has 1 aliphatic carbocycles. The fourth-order valence-corrected chi connectivity index (χ4v) is 9.14. The highest BCUT2D eigenvalue weighted by molar-refractivity contribution is 5.96. The number of aromatic hydroxyl groups is 2. The van der Waals surface area contributed by atoms with Crippen LogP contribution >= 0.6 is 0 Å². The number of rotatable bonds is 4. The summed E-state index contributed by atoms with van der Waals surface area (Å²) in [6, 6.07) is 69.2. The second kappa shape index (κ2) is 11.9. The van der Waals surface area contributed by atoms with Crippen LogP contribution in [0.25, 0.3) is 76.5 Å². The van der Waals surface area contributed by atoms with Gasteiger partial charge in [-0.15, -0.1) is 0 Å². The highest BCUT2D eigenvalue weighted by Gasteiger charge is 2.46. The lowest BCUT2D eigenvalue weighted by atomic mass is 9.66. The average Bonchev–Trinajstić information content (AvgIpc) is 3.52. The zero-order valence-corrected chi connectivity index (χ0v) is 29.9. The monoisotopic (exact) mass is 702 g/mol. The Kier molecular flexibility index (Phi) is 6.80. The lowest BCUT2D eigenvalue weighted by Crippen LogP contribution is -2.28. The summed E-state index contributed by atoms with van der Waals surface area (Å²) in [4.78, 5) is 0. The van der Waals surface area contributed by atoms with Gasteiger partial charge in [-0.2, -0.15) is 0 Å². The standard InChI is InChI=1S/C53H34O2/c54-47-21-15-39-27-45(19-13-41(39)29-47)53(46-20-14-42-30-48(55)22-16-40(42)28-46)51-31-43(37-11-9-33-5-1-3-7-35(33)25-37)17-23-49(51)50-24-18-44(32-52(50)53)38-12-10-34-6-2-4-8-36(34)26-38/h1-32,54-55H. The third kappa shape index (κ3) is 4.89. The quantitative estimate of drug-likeness (QED) is 0.192. The Morgan fingerprint density at radius 1 is 0.273 bits per heavy atom. The van der Waals surface area contributed by atoms with Crippen LogP contribution in [0.15, 0.2) is 194 Å². The number of phenolic OH excluding ortho intramolecular Hbond substituents is 2. The lowest BCUT2D eigenvalue weighted by Gasteiger charge is -2.35. The van der Waals surface area contributed by atoms with Crippen LogP contribution in [0.4, 0.5) is 0 Å². The van der Waals surface area contributed by atoms with Crippen LogP contribution in [0.5, 0.6) is 11.5 Å². The maximum absolute atomic E-state index is 10.4. The first-order valence-electron chi connectivity index (χ1n) is 18.8.